The molecule has 7 nitrogen and oxygen atoms in total. The summed E-state index contributed by atoms with van der Waals surface area (Å²) in [5, 5.41) is 6.42. The van der Waals surface area contributed by atoms with Gasteiger partial charge in [-0.2, -0.15) is 4.98 Å². The molecule has 7 heteroatoms. The van der Waals surface area contributed by atoms with Crippen molar-refractivity contribution in [1.29, 1.82) is 0 Å². The van der Waals surface area contributed by atoms with Gasteiger partial charge >= 0.3 is 0 Å². The van der Waals surface area contributed by atoms with Gasteiger partial charge in [-0.3, -0.25) is 0 Å². The van der Waals surface area contributed by atoms with Crippen molar-refractivity contribution in [1.82, 2.24) is 9.97 Å². The Bertz CT molecular complexity index is 900. The summed E-state index contributed by atoms with van der Waals surface area (Å²) in [7, 11) is 0. The fraction of sp³-hybridized carbons (Fsp3) is 0.158. The highest BCUT2D eigenvalue weighted by atomic mass is 16.7. The monoisotopic (exact) mass is 350 g/mol. The number of benzene rings is 2. The predicted molar refractivity (Wildman–Crippen MR) is 98.8 cm³/mol. The molecule has 0 saturated carbocycles. The zero-order valence-corrected chi connectivity index (χ0v) is 14.2. The first-order valence-corrected chi connectivity index (χ1v) is 8.30. The van der Waals surface area contributed by atoms with E-state index in [2.05, 4.69) is 20.6 Å². The lowest BCUT2D eigenvalue weighted by atomic mass is 10.3. The Morgan fingerprint density at radius 3 is 2.62 bits per heavy atom. The Morgan fingerprint density at radius 2 is 1.77 bits per heavy atom. The van der Waals surface area contributed by atoms with Gasteiger partial charge in [0.1, 0.15) is 11.6 Å². The zero-order valence-electron chi connectivity index (χ0n) is 14.2. The molecule has 0 saturated heterocycles. The van der Waals surface area contributed by atoms with Crippen LogP contribution in [-0.2, 0) is 0 Å². The van der Waals surface area contributed by atoms with Gasteiger partial charge in [0, 0.05) is 23.6 Å². The second-order valence-electron chi connectivity index (χ2n) is 5.54. The normalized spacial score (nSPS) is 11.9. The minimum absolute atomic E-state index is 0.247. The van der Waals surface area contributed by atoms with Crippen LogP contribution >= 0.6 is 0 Å². The SMILES string of the molecule is CCOc1ccc(Nc2ccnc(Nc3ccc4c(c3)OCO4)n2)cc1. The van der Waals surface area contributed by atoms with E-state index in [0.29, 0.717) is 24.1 Å². The minimum atomic E-state index is 0.247. The number of nitrogens with zero attached hydrogens (tertiary/aromatic N) is 2. The average Bonchev–Trinajstić information content (AvgIpc) is 3.12. The van der Waals surface area contributed by atoms with Crippen molar-refractivity contribution in [3.05, 3.63) is 54.7 Å². The summed E-state index contributed by atoms with van der Waals surface area (Å²) in [5.74, 6) is 3.46. The third-order valence-corrected chi connectivity index (χ3v) is 3.72. The highest BCUT2D eigenvalue weighted by Crippen LogP contribution is 2.34. The number of fused-ring (bicyclic) bond motifs is 1. The minimum Gasteiger partial charge on any atom is -0.494 e. The van der Waals surface area contributed by atoms with Crippen molar-refractivity contribution >= 4 is 23.1 Å². The number of aromatic nitrogens is 2. The number of hydrogen-bond donors (Lipinski definition) is 2. The van der Waals surface area contributed by atoms with Crippen LogP contribution in [0.1, 0.15) is 6.92 Å². The number of rotatable bonds is 6. The standard InChI is InChI=1S/C19H18N4O3/c1-2-24-15-6-3-13(4-7-15)21-18-9-10-20-19(23-18)22-14-5-8-16-17(11-14)26-12-25-16/h3-11H,2,12H2,1H3,(H2,20,21,22,23). The molecule has 0 unspecified atom stereocenters. The van der Waals surface area contributed by atoms with Gasteiger partial charge in [0.05, 0.1) is 6.61 Å². The van der Waals surface area contributed by atoms with E-state index in [-0.39, 0.29) is 6.79 Å². The molecular weight excluding hydrogens is 332 g/mol. The molecule has 0 bridgehead atoms. The van der Waals surface area contributed by atoms with E-state index in [9.17, 15) is 0 Å². The van der Waals surface area contributed by atoms with Gasteiger partial charge in [0.25, 0.3) is 0 Å². The molecule has 1 aliphatic rings. The molecule has 2 N–H and O–H groups in total. The summed E-state index contributed by atoms with van der Waals surface area (Å²) in [6.45, 7) is 2.85. The highest BCUT2D eigenvalue weighted by Gasteiger charge is 2.13. The van der Waals surface area contributed by atoms with Crippen LogP contribution < -0.4 is 24.8 Å². The molecule has 1 aliphatic heterocycles. The second-order valence-corrected chi connectivity index (χ2v) is 5.54. The number of nitrogens with one attached hydrogen (secondary N) is 2. The number of ether oxygens (including phenoxy) is 3. The Kier molecular flexibility index (Phi) is 4.42. The van der Waals surface area contributed by atoms with E-state index in [1.807, 2.05) is 49.4 Å². The van der Waals surface area contributed by atoms with Gasteiger partial charge in [-0.15, -0.1) is 0 Å². The second kappa shape index (κ2) is 7.18. The predicted octanol–water partition coefficient (Wildman–Crippen LogP) is 4.09. The van der Waals surface area contributed by atoms with Gasteiger partial charge in [-0.25, -0.2) is 4.98 Å². The van der Waals surface area contributed by atoms with Crippen LogP contribution in [0.4, 0.5) is 23.1 Å². The van der Waals surface area contributed by atoms with Crippen molar-refractivity contribution in [3.63, 3.8) is 0 Å². The fourth-order valence-electron chi connectivity index (χ4n) is 2.54. The molecule has 0 fully saturated rings. The Balaban J connectivity index is 1.46. The van der Waals surface area contributed by atoms with Crippen molar-refractivity contribution in [2.24, 2.45) is 0 Å². The lowest BCUT2D eigenvalue weighted by molar-refractivity contribution is 0.174. The summed E-state index contributed by atoms with van der Waals surface area (Å²) < 4.78 is 16.1. The van der Waals surface area contributed by atoms with Gasteiger partial charge < -0.3 is 24.8 Å². The molecule has 0 radical (unpaired) electrons. The van der Waals surface area contributed by atoms with E-state index in [4.69, 9.17) is 14.2 Å². The number of hydrogen-bond acceptors (Lipinski definition) is 7. The van der Waals surface area contributed by atoms with Crippen LogP contribution in [0.5, 0.6) is 17.2 Å². The molecular formula is C19H18N4O3. The largest absolute Gasteiger partial charge is 0.494 e. The fourth-order valence-corrected chi connectivity index (χ4v) is 2.54. The molecule has 132 valence electrons. The topological polar surface area (TPSA) is 77.5 Å². The summed E-state index contributed by atoms with van der Waals surface area (Å²) in [6, 6.07) is 15.1. The van der Waals surface area contributed by atoms with Crippen LogP contribution in [-0.4, -0.2) is 23.4 Å². The Labute approximate surface area is 151 Å². The molecule has 0 atom stereocenters. The van der Waals surface area contributed by atoms with Crippen LogP contribution in [0, 0.1) is 0 Å². The van der Waals surface area contributed by atoms with Crippen LogP contribution in [0.15, 0.2) is 54.7 Å². The van der Waals surface area contributed by atoms with Crippen LogP contribution in [0.3, 0.4) is 0 Å². The maximum absolute atomic E-state index is 5.45. The third kappa shape index (κ3) is 3.61. The van der Waals surface area contributed by atoms with E-state index in [1.165, 1.54) is 0 Å². The van der Waals surface area contributed by atoms with E-state index >= 15 is 0 Å². The lowest BCUT2D eigenvalue weighted by Gasteiger charge is -2.09. The average molecular weight is 350 g/mol. The first-order chi connectivity index (χ1) is 12.8. The first-order valence-electron chi connectivity index (χ1n) is 8.30. The zero-order chi connectivity index (χ0) is 17.8. The molecule has 0 amide bonds. The summed E-state index contributed by atoms with van der Waals surface area (Å²) in [5.41, 5.74) is 1.74. The first kappa shape index (κ1) is 16.0. The summed E-state index contributed by atoms with van der Waals surface area (Å²) in [4.78, 5) is 8.73. The van der Waals surface area contributed by atoms with E-state index in [1.54, 1.807) is 12.3 Å². The van der Waals surface area contributed by atoms with E-state index < -0.39 is 0 Å². The molecule has 2 aromatic carbocycles. The summed E-state index contributed by atoms with van der Waals surface area (Å²) in [6.07, 6.45) is 1.69. The Hall–Kier alpha value is -3.48. The van der Waals surface area contributed by atoms with Gasteiger partial charge in [0.15, 0.2) is 11.5 Å². The molecule has 0 spiro atoms. The van der Waals surface area contributed by atoms with Crippen molar-refractivity contribution < 1.29 is 14.2 Å². The summed E-state index contributed by atoms with van der Waals surface area (Å²) >= 11 is 0. The molecule has 0 aliphatic carbocycles. The third-order valence-electron chi connectivity index (χ3n) is 3.72. The lowest BCUT2D eigenvalue weighted by Crippen LogP contribution is -2.00. The van der Waals surface area contributed by atoms with Gasteiger partial charge in [0.2, 0.25) is 12.7 Å². The number of anilines is 4. The molecule has 26 heavy (non-hydrogen) atoms. The van der Waals surface area contributed by atoms with Crippen LogP contribution in [0.2, 0.25) is 0 Å². The van der Waals surface area contributed by atoms with Gasteiger partial charge in [-0.05, 0) is 49.4 Å². The van der Waals surface area contributed by atoms with Crippen molar-refractivity contribution in [3.8, 4) is 17.2 Å². The van der Waals surface area contributed by atoms with Crippen molar-refractivity contribution in [2.45, 2.75) is 6.92 Å². The maximum Gasteiger partial charge on any atom is 0.231 e. The Morgan fingerprint density at radius 1 is 0.962 bits per heavy atom. The van der Waals surface area contributed by atoms with E-state index in [0.717, 1.165) is 22.9 Å². The highest BCUT2D eigenvalue weighted by molar-refractivity contribution is 5.62. The molecule has 4 rings (SSSR count). The molecule has 2 heterocycles. The van der Waals surface area contributed by atoms with Gasteiger partial charge in [-0.1, -0.05) is 0 Å². The molecule has 3 aromatic rings. The van der Waals surface area contributed by atoms with Crippen LogP contribution in [0.25, 0.3) is 0 Å². The maximum atomic E-state index is 5.45. The van der Waals surface area contributed by atoms with Crippen molar-refractivity contribution in [2.75, 3.05) is 24.0 Å². The smallest absolute Gasteiger partial charge is 0.231 e. The quantitative estimate of drug-likeness (QED) is 0.693. The molecule has 1 aromatic heterocycles.